The summed E-state index contributed by atoms with van der Waals surface area (Å²) in [4.78, 5) is 11.5. The van der Waals surface area contributed by atoms with E-state index >= 15 is 0 Å². The molecule has 5 N–H and O–H groups in total. The van der Waals surface area contributed by atoms with Crippen molar-refractivity contribution in [2.24, 2.45) is 5.41 Å². The molecule has 8 heteroatoms. The van der Waals surface area contributed by atoms with Gasteiger partial charge in [-0.3, -0.25) is 4.79 Å². The predicted octanol–water partition coefficient (Wildman–Crippen LogP) is -0.352. The SMILES string of the molecule is CC(=O)C=CC1(O)C(C)(C)CCCC1(C)OC1OC(CO)C(O)C(O)C1O. The van der Waals surface area contributed by atoms with E-state index in [4.69, 9.17) is 9.47 Å². The van der Waals surface area contributed by atoms with Gasteiger partial charge in [-0.15, -0.1) is 0 Å². The normalized spacial score (nSPS) is 45.1. The zero-order valence-electron chi connectivity index (χ0n) is 16.3. The van der Waals surface area contributed by atoms with E-state index in [0.29, 0.717) is 12.8 Å². The van der Waals surface area contributed by atoms with Gasteiger partial charge in [-0.1, -0.05) is 13.8 Å². The van der Waals surface area contributed by atoms with E-state index in [1.54, 1.807) is 6.92 Å². The van der Waals surface area contributed by atoms with Crippen molar-refractivity contribution in [2.75, 3.05) is 6.61 Å². The Morgan fingerprint density at radius 1 is 1.15 bits per heavy atom. The second-order valence-electron chi connectivity index (χ2n) is 8.49. The number of ether oxygens (including phenoxy) is 2. The summed E-state index contributed by atoms with van der Waals surface area (Å²) in [5.74, 6) is -0.222. The predicted molar refractivity (Wildman–Crippen MR) is 95.7 cm³/mol. The summed E-state index contributed by atoms with van der Waals surface area (Å²) in [7, 11) is 0. The lowest BCUT2D eigenvalue weighted by Crippen LogP contribution is -2.67. The molecule has 156 valence electrons. The number of carbonyl (C=O) groups excluding carboxylic acids is 1. The fourth-order valence-electron chi connectivity index (χ4n) is 4.17. The van der Waals surface area contributed by atoms with E-state index in [-0.39, 0.29) is 5.78 Å². The maximum atomic E-state index is 11.6. The van der Waals surface area contributed by atoms with Crippen molar-refractivity contribution in [1.82, 2.24) is 0 Å². The lowest BCUT2D eigenvalue weighted by Gasteiger charge is -2.57. The van der Waals surface area contributed by atoms with Crippen LogP contribution in [0.1, 0.15) is 47.0 Å². The van der Waals surface area contributed by atoms with Crippen LogP contribution in [0.5, 0.6) is 0 Å². The number of carbonyl (C=O) groups is 1. The number of rotatable bonds is 5. The van der Waals surface area contributed by atoms with Gasteiger partial charge in [0.25, 0.3) is 0 Å². The molecule has 0 spiro atoms. The van der Waals surface area contributed by atoms with Gasteiger partial charge < -0.3 is 35.0 Å². The van der Waals surface area contributed by atoms with E-state index in [1.807, 2.05) is 13.8 Å². The zero-order valence-corrected chi connectivity index (χ0v) is 16.3. The molecule has 7 unspecified atom stereocenters. The van der Waals surface area contributed by atoms with E-state index in [2.05, 4.69) is 0 Å². The van der Waals surface area contributed by atoms with Gasteiger partial charge in [0, 0.05) is 0 Å². The molecule has 8 nitrogen and oxygen atoms in total. The average Bonchev–Trinajstić information content (AvgIpc) is 2.58. The average molecular weight is 388 g/mol. The van der Waals surface area contributed by atoms with Crippen LogP contribution in [0, 0.1) is 5.41 Å². The summed E-state index contributed by atoms with van der Waals surface area (Å²) in [6, 6.07) is 0. The Labute approximate surface area is 159 Å². The van der Waals surface area contributed by atoms with Crippen molar-refractivity contribution >= 4 is 5.78 Å². The molecule has 1 aliphatic heterocycles. The summed E-state index contributed by atoms with van der Waals surface area (Å²) in [6.45, 7) is 6.21. The van der Waals surface area contributed by atoms with Crippen LogP contribution < -0.4 is 0 Å². The number of hydrogen-bond acceptors (Lipinski definition) is 8. The van der Waals surface area contributed by atoms with Gasteiger partial charge in [0.05, 0.1) is 6.61 Å². The molecule has 7 atom stereocenters. The van der Waals surface area contributed by atoms with Gasteiger partial charge in [-0.25, -0.2) is 0 Å². The Bertz CT molecular complexity index is 574. The molecule has 0 aromatic carbocycles. The largest absolute Gasteiger partial charge is 0.394 e. The molecule has 1 aliphatic carbocycles. The highest BCUT2D eigenvalue weighted by atomic mass is 16.7. The van der Waals surface area contributed by atoms with Crippen molar-refractivity contribution in [3.63, 3.8) is 0 Å². The minimum atomic E-state index is -1.57. The van der Waals surface area contributed by atoms with Crippen LogP contribution in [0.2, 0.25) is 0 Å². The molecule has 0 aromatic heterocycles. The van der Waals surface area contributed by atoms with Crippen molar-refractivity contribution < 1.29 is 39.8 Å². The van der Waals surface area contributed by atoms with Gasteiger partial charge in [-0.05, 0) is 50.7 Å². The molecule has 2 rings (SSSR count). The molecule has 2 aliphatic rings. The van der Waals surface area contributed by atoms with Crippen molar-refractivity contribution in [1.29, 1.82) is 0 Å². The Morgan fingerprint density at radius 3 is 2.33 bits per heavy atom. The second-order valence-corrected chi connectivity index (χ2v) is 8.49. The third-order valence-electron chi connectivity index (χ3n) is 6.08. The molecule has 0 bridgehead atoms. The first-order valence-electron chi connectivity index (χ1n) is 9.29. The van der Waals surface area contributed by atoms with Crippen LogP contribution in [-0.2, 0) is 14.3 Å². The van der Waals surface area contributed by atoms with Gasteiger partial charge in [0.2, 0.25) is 0 Å². The quantitative estimate of drug-likeness (QED) is 0.403. The summed E-state index contributed by atoms with van der Waals surface area (Å²) in [5.41, 5.74) is -3.43. The molecule has 1 saturated carbocycles. The lowest BCUT2D eigenvalue weighted by molar-refractivity contribution is -0.352. The van der Waals surface area contributed by atoms with E-state index in [0.717, 1.165) is 6.42 Å². The fraction of sp³-hybridized carbons (Fsp3) is 0.842. The molecule has 1 saturated heterocycles. The van der Waals surface area contributed by atoms with E-state index in [1.165, 1.54) is 19.1 Å². The molecule has 0 aromatic rings. The van der Waals surface area contributed by atoms with Crippen LogP contribution in [0.25, 0.3) is 0 Å². The highest BCUT2D eigenvalue weighted by Gasteiger charge is 2.60. The highest BCUT2D eigenvalue weighted by molar-refractivity contribution is 5.87. The molecule has 2 fully saturated rings. The molecular weight excluding hydrogens is 356 g/mol. The van der Waals surface area contributed by atoms with Crippen LogP contribution in [0.15, 0.2) is 12.2 Å². The minimum Gasteiger partial charge on any atom is -0.394 e. The zero-order chi connectivity index (χ0) is 20.6. The third kappa shape index (κ3) is 3.98. The first-order chi connectivity index (χ1) is 12.4. The van der Waals surface area contributed by atoms with Gasteiger partial charge in [0.1, 0.15) is 35.6 Å². The molecular formula is C19H32O8. The standard InChI is InChI=1S/C19H32O8/c1-11(21)6-9-19(25)17(2,3)7-5-8-18(19,4)27-16-15(24)14(23)13(22)12(10-20)26-16/h6,9,12-16,20,22-25H,5,7-8,10H2,1-4H3. The Balaban J connectivity index is 2.36. The van der Waals surface area contributed by atoms with E-state index < -0.39 is 53.9 Å². The molecule has 0 amide bonds. The molecule has 0 radical (unpaired) electrons. The fourth-order valence-corrected chi connectivity index (χ4v) is 4.17. The van der Waals surface area contributed by atoms with Crippen LogP contribution in [0.4, 0.5) is 0 Å². The van der Waals surface area contributed by atoms with Crippen molar-refractivity contribution in [3.8, 4) is 0 Å². The maximum Gasteiger partial charge on any atom is 0.187 e. The van der Waals surface area contributed by atoms with Crippen LogP contribution in [-0.4, -0.2) is 79.8 Å². The second kappa shape index (κ2) is 7.87. The van der Waals surface area contributed by atoms with Gasteiger partial charge in [-0.2, -0.15) is 0 Å². The lowest BCUT2D eigenvalue weighted by atomic mass is 9.58. The Morgan fingerprint density at radius 2 is 1.78 bits per heavy atom. The smallest absolute Gasteiger partial charge is 0.187 e. The van der Waals surface area contributed by atoms with Crippen LogP contribution in [0.3, 0.4) is 0 Å². The molecule has 1 heterocycles. The first-order valence-corrected chi connectivity index (χ1v) is 9.29. The van der Waals surface area contributed by atoms with Crippen molar-refractivity contribution in [2.45, 2.75) is 88.9 Å². The summed E-state index contributed by atoms with van der Waals surface area (Å²) >= 11 is 0. The monoisotopic (exact) mass is 388 g/mol. The summed E-state index contributed by atoms with van der Waals surface area (Å²) in [5, 5.41) is 51.1. The summed E-state index contributed by atoms with van der Waals surface area (Å²) < 4.78 is 11.5. The minimum absolute atomic E-state index is 0.222. The van der Waals surface area contributed by atoms with Gasteiger partial charge in [0.15, 0.2) is 12.1 Å². The molecule has 27 heavy (non-hydrogen) atoms. The van der Waals surface area contributed by atoms with Gasteiger partial charge >= 0.3 is 0 Å². The van der Waals surface area contributed by atoms with Crippen LogP contribution >= 0.6 is 0 Å². The van der Waals surface area contributed by atoms with E-state index in [9.17, 15) is 30.3 Å². The summed E-state index contributed by atoms with van der Waals surface area (Å²) in [6.07, 6.45) is -2.52. The number of ketones is 1. The Hall–Kier alpha value is -0.870. The number of aliphatic hydroxyl groups is 5. The number of hydrogen-bond donors (Lipinski definition) is 5. The third-order valence-corrected chi connectivity index (χ3v) is 6.08. The Kier molecular flexibility index (Phi) is 6.53. The first kappa shape index (κ1) is 22.4. The highest BCUT2D eigenvalue weighted by Crippen LogP contribution is 2.52. The number of aliphatic hydroxyl groups excluding tert-OH is 4. The number of allylic oxidation sites excluding steroid dienone is 1. The topological polar surface area (TPSA) is 137 Å². The van der Waals surface area contributed by atoms with Crippen molar-refractivity contribution in [3.05, 3.63) is 12.2 Å². The maximum absolute atomic E-state index is 11.6.